The zero-order valence-corrected chi connectivity index (χ0v) is 10.6. The molecule has 1 atom stereocenters. The molecule has 0 aromatic carbocycles. The summed E-state index contributed by atoms with van der Waals surface area (Å²) in [5.41, 5.74) is -0.412. The number of alkyl halides is 1. The smallest absolute Gasteiger partial charge is 0.287 e. The molecule has 88 valence electrons. The van der Waals surface area contributed by atoms with Gasteiger partial charge in [0.25, 0.3) is 5.56 Å². The Morgan fingerprint density at radius 1 is 1.56 bits per heavy atom. The van der Waals surface area contributed by atoms with Crippen molar-refractivity contribution in [1.29, 1.82) is 0 Å². The first kappa shape index (κ1) is 11.8. The molecular weight excluding hydrogens is 248 g/mol. The molecule has 0 radical (unpaired) electrons. The van der Waals surface area contributed by atoms with Crippen LogP contribution in [0.1, 0.15) is 13.3 Å². The molecule has 0 saturated heterocycles. The van der Waals surface area contributed by atoms with Crippen LogP contribution in [-0.2, 0) is 13.1 Å². The molecule has 16 heavy (non-hydrogen) atoms. The van der Waals surface area contributed by atoms with E-state index in [-0.39, 0.29) is 16.5 Å². The first-order valence-electron chi connectivity index (χ1n) is 5.24. The van der Waals surface area contributed by atoms with Crippen LogP contribution in [0.3, 0.4) is 0 Å². The van der Waals surface area contributed by atoms with Crippen molar-refractivity contribution in [2.24, 2.45) is 0 Å². The molecule has 1 aromatic heterocycles. The molecular formula is C10H13ClN2O2S. The minimum Gasteiger partial charge on any atom is -0.287 e. The quantitative estimate of drug-likeness (QED) is 0.605. The van der Waals surface area contributed by atoms with E-state index in [2.05, 4.69) is 0 Å². The summed E-state index contributed by atoms with van der Waals surface area (Å²) in [6, 6.07) is 1.54. The van der Waals surface area contributed by atoms with Gasteiger partial charge in [-0.1, -0.05) is 6.92 Å². The maximum absolute atomic E-state index is 12.0. The summed E-state index contributed by atoms with van der Waals surface area (Å²) in [6.07, 6.45) is 0.778. The van der Waals surface area contributed by atoms with Gasteiger partial charge >= 0.3 is 5.69 Å². The number of hydrogen-bond acceptors (Lipinski definition) is 3. The Hall–Kier alpha value is -0.680. The summed E-state index contributed by atoms with van der Waals surface area (Å²) < 4.78 is 2.94. The van der Waals surface area contributed by atoms with Crippen LogP contribution in [-0.4, -0.2) is 20.3 Å². The van der Waals surface area contributed by atoms with Crippen LogP contribution in [0.15, 0.2) is 20.7 Å². The molecule has 1 aromatic rings. The summed E-state index contributed by atoms with van der Waals surface area (Å²) >= 11 is 7.28. The summed E-state index contributed by atoms with van der Waals surface area (Å²) in [5, 5.41) is 0.944. The molecule has 2 rings (SSSR count). The molecule has 2 heterocycles. The summed E-state index contributed by atoms with van der Waals surface area (Å²) in [5.74, 6) is 0.494. The highest BCUT2D eigenvalue weighted by molar-refractivity contribution is 8.00. The fourth-order valence-corrected chi connectivity index (χ4v) is 3.15. The van der Waals surface area contributed by atoms with Crippen molar-refractivity contribution < 1.29 is 0 Å². The van der Waals surface area contributed by atoms with Crippen molar-refractivity contribution in [3.05, 3.63) is 26.9 Å². The highest BCUT2D eigenvalue weighted by Gasteiger charge is 2.24. The van der Waals surface area contributed by atoms with Gasteiger partial charge in [-0.2, -0.15) is 0 Å². The lowest BCUT2D eigenvalue weighted by atomic mass is 10.4. The van der Waals surface area contributed by atoms with E-state index in [1.54, 1.807) is 4.57 Å². The summed E-state index contributed by atoms with van der Waals surface area (Å²) in [4.78, 5) is 23.7. The van der Waals surface area contributed by atoms with E-state index >= 15 is 0 Å². The third kappa shape index (κ3) is 1.94. The first-order chi connectivity index (χ1) is 7.67. The van der Waals surface area contributed by atoms with E-state index in [9.17, 15) is 9.59 Å². The number of halogens is 1. The predicted octanol–water partition coefficient (Wildman–Crippen LogP) is 1.13. The molecule has 4 nitrogen and oxygen atoms in total. The molecule has 0 spiro atoms. The molecule has 0 fully saturated rings. The minimum absolute atomic E-state index is 0.200. The zero-order chi connectivity index (χ0) is 11.7. The lowest BCUT2D eigenvalue weighted by Crippen LogP contribution is -2.39. The number of rotatable bonds is 3. The summed E-state index contributed by atoms with van der Waals surface area (Å²) in [7, 11) is 0. The molecule has 1 aliphatic heterocycles. The Morgan fingerprint density at radius 2 is 2.31 bits per heavy atom. The van der Waals surface area contributed by atoms with Gasteiger partial charge in [-0.15, -0.1) is 23.4 Å². The standard InChI is InChI=1S/C10H13ClN2O2S/c1-2-3-12-8(14)4-9-13(10(12)15)6-7(5-11)16-9/h4,7H,2-3,5-6H2,1H3. The zero-order valence-electron chi connectivity index (χ0n) is 8.98. The van der Waals surface area contributed by atoms with Crippen molar-refractivity contribution in [1.82, 2.24) is 9.13 Å². The summed E-state index contributed by atoms with van der Waals surface area (Å²) in [6.45, 7) is 3.03. The maximum Gasteiger partial charge on any atom is 0.331 e. The molecule has 0 N–H and O–H groups in total. The SMILES string of the molecule is CCCn1c(=O)cc2n(c1=O)CC(CCl)S2. The highest BCUT2D eigenvalue weighted by atomic mass is 35.5. The van der Waals surface area contributed by atoms with Gasteiger partial charge in [0.2, 0.25) is 0 Å². The Bertz CT molecular complexity index is 509. The number of nitrogens with zero attached hydrogens (tertiary/aromatic N) is 2. The van der Waals surface area contributed by atoms with Crippen LogP contribution in [0.2, 0.25) is 0 Å². The Labute approximate surface area is 102 Å². The van der Waals surface area contributed by atoms with Crippen LogP contribution in [0.5, 0.6) is 0 Å². The molecule has 0 saturated carbocycles. The fourth-order valence-electron chi connectivity index (χ4n) is 1.78. The fraction of sp³-hybridized carbons (Fsp3) is 0.600. The van der Waals surface area contributed by atoms with Crippen LogP contribution >= 0.6 is 23.4 Å². The van der Waals surface area contributed by atoms with Crippen molar-refractivity contribution >= 4 is 23.4 Å². The molecule has 0 bridgehead atoms. The van der Waals surface area contributed by atoms with Gasteiger partial charge in [0.05, 0.1) is 5.03 Å². The molecule has 0 aliphatic carbocycles. The van der Waals surface area contributed by atoms with Gasteiger partial charge in [-0.05, 0) is 6.42 Å². The van der Waals surface area contributed by atoms with Crippen molar-refractivity contribution in [3.63, 3.8) is 0 Å². The topological polar surface area (TPSA) is 44.0 Å². The van der Waals surface area contributed by atoms with E-state index < -0.39 is 0 Å². The molecule has 1 aliphatic rings. The van der Waals surface area contributed by atoms with Gasteiger partial charge in [0, 0.05) is 30.3 Å². The number of fused-ring (bicyclic) bond motifs is 1. The van der Waals surface area contributed by atoms with Crippen molar-refractivity contribution in [2.75, 3.05) is 5.88 Å². The van der Waals surface area contributed by atoms with Gasteiger partial charge < -0.3 is 0 Å². The van der Waals surface area contributed by atoms with Crippen molar-refractivity contribution in [3.8, 4) is 0 Å². The lowest BCUT2D eigenvalue weighted by molar-refractivity contribution is 0.528. The van der Waals surface area contributed by atoms with Gasteiger partial charge in [0.15, 0.2) is 0 Å². The molecule has 6 heteroatoms. The van der Waals surface area contributed by atoms with Crippen LogP contribution in [0, 0.1) is 0 Å². The number of aromatic nitrogens is 2. The first-order valence-corrected chi connectivity index (χ1v) is 6.66. The van der Waals surface area contributed by atoms with Crippen LogP contribution in [0.4, 0.5) is 0 Å². The Kier molecular flexibility index (Phi) is 3.44. The third-order valence-corrected chi connectivity index (χ3v) is 4.32. The van der Waals surface area contributed by atoms with Gasteiger partial charge in [-0.25, -0.2) is 4.79 Å². The normalized spacial score (nSPS) is 18.8. The second kappa shape index (κ2) is 4.67. The van der Waals surface area contributed by atoms with E-state index in [4.69, 9.17) is 11.6 Å². The largest absolute Gasteiger partial charge is 0.331 e. The van der Waals surface area contributed by atoms with Gasteiger partial charge in [0.1, 0.15) is 0 Å². The maximum atomic E-state index is 12.0. The average molecular weight is 261 g/mol. The van der Waals surface area contributed by atoms with E-state index in [0.717, 1.165) is 11.4 Å². The second-order valence-corrected chi connectivity index (χ2v) is 5.39. The van der Waals surface area contributed by atoms with Crippen LogP contribution in [0.25, 0.3) is 0 Å². The number of hydrogen-bond donors (Lipinski definition) is 0. The monoisotopic (exact) mass is 260 g/mol. The van der Waals surface area contributed by atoms with Crippen LogP contribution < -0.4 is 11.2 Å². The second-order valence-electron chi connectivity index (χ2n) is 3.76. The highest BCUT2D eigenvalue weighted by Crippen LogP contribution is 2.29. The van der Waals surface area contributed by atoms with E-state index in [1.807, 2.05) is 6.92 Å². The molecule has 1 unspecified atom stereocenters. The number of thioether (sulfide) groups is 1. The lowest BCUT2D eigenvalue weighted by Gasteiger charge is -2.06. The van der Waals surface area contributed by atoms with Crippen molar-refractivity contribution in [2.45, 2.75) is 36.7 Å². The average Bonchev–Trinajstić information content (AvgIpc) is 2.67. The Morgan fingerprint density at radius 3 is 2.94 bits per heavy atom. The predicted molar refractivity (Wildman–Crippen MR) is 65.6 cm³/mol. The van der Waals surface area contributed by atoms with E-state index in [1.165, 1.54) is 22.4 Å². The minimum atomic E-state index is -0.208. The van der Waals surface area contributed by atoms with E-state index in [0.29, 0.717) is 19.0 Å². The Balaban J connectivity index is 2.50. The van der Waals surface area contributed by atoms with Gasteiger partial charge in [-0.3, -0.25) is 13.9 Å². The third-order valence-electron chi connectivity index (χ3n) is 2.53. The molecule has 0 amide bonds.